The smallest absolute Gasteiger partial charge is 0.281 e. The van der Waals surface area contributed by atoms with Crippen molar-refractivity contribution in [3.63, 3.8) is 0 Å². The number of anilines is 1. The van der Waals surface area contributed by atoms with Gasteiger partial charge in [-0.2, -0.15) is 5.10 Å². The van der Waals surface area contributed by atoms with Crippen LogP contribution in [-0.2, 0) is 14.1 Å². The first-order valence-corrected chi connectivity index (χ1v) is 6.31. The van der Waals surface area contributed by atoms with E-state index in [1.807, 2.05) is 6.21 Å². The lowest BCUT2D eigenvalue weighted by molar-refractivity contribution is 0.626. The number of nitrogens with zero attached hydrogens (tertiary/aromatic N) is 3. The molecule has 6 heteroatoms. The molecule has 0 aromatic carbocycles. The molecule has 0 amide bonds. The third-order valence-electron chi connectivity index (χ3n) is 3.30. The number of rotatable bonds is 3. The van der Waals surface area contributed by atoms with Gasteiger partial charge in [0.1, 0.15) is 5.82 Å². The van der Waals surface area contributed by atoms with Crippen molar-refractivity contribution >= 4 is 12.0 Å². The van der Waals surface area contributed by atoms with E-state index in [4.69, 9.17) is 0 Å². The Morgan fingerprint density at radius 2 is 2.11 bits per heavy atom. The minimum Gasteiger partial charge on any atom is -0.281 e. The predicted octanol–water partition coefficient (Wildman–Crippen LogP) is 0.838. The number of hydrazone groups is 1. The molecule has 19 heavy (non-hydrogen) atoms. The molecular formula is C13H18N4O2. The number of allylic oxidation sites excluding steroid dienone is 2. The first kappa shape index (κ1) is 13.3. The molecule has 0 bridgehead atoms. The highest BCUT2D eigenvalue weighted by atomic mass is 16.2. The van der Waals surface area contributed by atoms with E-state index in [9.17, 15) is 9.59 Å². The van der Waals surface area contributed by atoms with Crippen LogP contribution in [0.4, 0.5) is 5.82 Å². The molecule has 0 saturated heterocycles. The van der Waals surface area contributed by atoms with E-state index < -0.39 is 0 Å². The molecule has 0 unspecified atom stereocenters. The summed E-state index contributed by atoms with van der Waals surface area (Å²) in [4.78, 5) is 23.2. The number of hydrogen-bond donors (Lipinski definition) is 1. The number of nitrogens with one attached hydrogen (secondary N) is 1. The molecule has 0 aliphatic heterocycles. The molecule has 0 fully saturated rings. The summed E-state index contributed by atoms with van der Waals surface area (Å²) in [5, 5.41) is 4.12. The van der Waals surface area contributed by atoms with Crippen molar-refractivity contribution in [2.75, 3.05) is 5.43 Å². The quantitative estimate of drug-likeness (QED) is 0.498. The van der Waals surface area contributed by atoms with Gasteiger partial charge in [-0.3, -0.25) is 19.4 Å². The normalized spacial score (nSPS) is 18.9. The average molecular weight is 262 g/mol. The summed E-state index contributed by atoms with van der Waals surface area (Å²) in [6.07, 6.45) is 9.29. The Morgan fingerprint density at radius 1 is 1.32 bits per heavy atom. The first-order valence-electron chi connectivity index (χ1n) is 6.31. The summed E-state index contributed by atoms with van der Waals surface area (Å²) in [5.74, 6) is 0.816. The fraction of sp³-hybridized carbons (Fsp3) is 0.462. The van der Waals surface area contributed by atoms with Gasteiger partial charge >= 0.3 is 5.69 Å². The summed E-state index contributed by atoms with van der Waals surface area (Å²) in [6, 6.07) is 1.36. The Labute approximate surface area is 111 Å². The van der Waals surface area contributed by atoms with E-state index in [-0.39, 0.29) is 11.2 Å². The van der Waals surface area contributed by atoms with Gasteiger partial charge in [0.25, 0.3) is 5.56 Å². The van der Waals surface area contributed by atoms with Crippen molar-refractivity contribution in [3.05, 3.63) is 39.1 Å². The summed E-state index contributed by atoms with van der Waals surface area (Å²) in [5.41, 5.74) is 2.05. The Morgan fingerprint density at radius 3 is 2.79 bits per heavy atom. The maximum absolute atomic E-state index is 11.7. The predicted molar refractivity (Wildman–Crippen MR) is 75.5 cm³/mol. The first-order chi connectivity index (χ1) is 9.09. The molecule has 6 nitrogen and oxygen atoms in total. The second-order valence-corrected chi connectivity index (χ2v) is 4.70. The standard InChI is InChI=1S/C13H18N4O2/c1-16-11(8-12(18)17(2)13(16)19)15-14-9-10-6-4-3-5-7-10/h3-4,8-10,15H,5-7H2,1-2H3/b14-9-/t10-/m0/s1. The maximum atomic E-state index is 11.7. The molecule has 1 aromatic rings. The van der Waals surface area contributed by atoms with Gasteiger partial charge < -0.3 is 0 Å². The molecular weight excluding hydrogens is 244 g/mol. The van der Waals surface area contributed by atoms with Gasteiger partial charge in [-0.15, -0.1) is 0 Å². The fourth-order valence-electron chi connectivity index (χ4n) is 2.00. The molecule has 0 saturated carbocycles. The van der Waals surface area contributed by atoms with Gasteiger partial charge in [-0.05, 0) is 25.2 Å². The van der Waals surface area contributed by atoms with Crippen LogP contribution in [0.15, 0.2) is 32.9 Å². The van der Waals surface area contributed by atoms with E-state index in [0.717, 1.165) is 23.8 Å². The minimum atomic E-state index is -0.370. The lowest BCUT2D eigenvalue weighted by atomic mass is 9.96. The van der Waals surface area contributed by atoms with E-state index in [0.29, 0.717) is 11.7 Å². The van der Waals surface area contributed by atoms with Crippen LogP contribution < -0.4 is 16.7 Å². The van der Waals surface area contributed by atoms with E-state index >= 15 is 0 Å². The largest absolute Gasteiger partial charge is 0.332 e. The number of hydrogen-bond acceptors (Lipinski definition) is 4. The summed E-state index contributed by atoms with van der Waals surface area (Å²) < 4.78 is 2.42. The van der Waals surface area contributed by atoms with Crippen LogP contribution in [0.1, 0.15) is 19.3 Å². The Kier molecular flexibility index (Phi) is 3.99. The van der Waals surface area contributed by atoms with Crippen LogP contribution in [0.5, 0.6) is 0 Å². The molecule has 2 rings (SSSR count). The van der Waals surface area contributed by atoms with E-state index in [1.165, 1.54) is 17.7 Å². The molecule has 0 spiro atoms. The van der Waals surface area contributed by atoms with Crippen LogP contribution in [-0.4, -0.2) is 15.3 Å². The average Bonchev–Trinajstić information content (AvgIpc) is 2.43. The Balaban J connectivity index is 2.12. The van der Waals surface area contributed by atoms with Crippen molar-refractivity contribution in [2.45, 2.75) is 19.3 Å². The zero-order valence-corrected chi connectivity index (χ0v) is 11.2. The van der Waals surface area contributed by atoms with Crippen LogP contribution in [0.3, 0.4) is 0 Å². The third kappa shape index (κ3) is 3.01. The molecule has 102 valence electrons. The van der Waals surface area contributed by atoms with Gasteiger partial charge in [-0.1, -0.05) is 12.2 Å². The minimum absolute atomic E-state index is 0.346. The van der Waals surface area contributed by atoms with Gasteiger partial charge in [0, 0.05) is 26.4 Å². The van der Waals surface area contributed by atoms with Crippen molar-refractivity contribution in [3.8, 4) is 0 Å². The lowest BCUT2D eigenvalue weighted by Crippen LogP contribution is -2.37. The molecule has 1 atom stereocenters. The second-order valence-electron chi connectivity index (χ2n) is 4.70. The van der Waals surface area contributed by atoms with Crippen molar-refractivity contribution in [2.24, 2.45) is 25.1 Å². The van der Waals surface area contributed by atoms with Crippen LogP contribution in [0, 0.1) is 5.92 Å². The van der Waals surface area contributed by atoms with Crippen LogP contribution in [0.2, 0.25) is 0 Å². The van der Waals surface area contributed by atoms with Gasteiger partial charge in [-0.25, -0.2) is 4.79 Å². The molecule has 1 heterocycles. The Hall–Kier alpha value is -2.11. The topological polar surface area (TPSA) is 68.4 Å². The highest BCUT2D eigenvalue weighted by Gasteiger charge is 2.07. The zero-order chi connectivity index (χ0) is 13.8. The van der Waals surface area contributed by atoms with Gasteiger partial charge in [0.2, 0.25) is 0 Å². The molecule has 0 radical (unpaired) electrons. The van der Waals surface area contributed by atoms with Crippen LogP contribution >= 0.6 is 0 Å². The third-order valence-corrected chi connectivity index (χ3v) is 3.30. The summed E-state index contributed by atoms with van der Waals surface area (Å²) in [7, 11) is 3.05. The lowest BCUT2D eigenvalue weighted by Gasteiger charge is -2.12. The second kappa shape index (κ2) is 5.69. The van der Waals surface area contributed by atoms with Gasteiger partial charge in [0.05, 0.1) is 0 Å². The summed E-state index contributed by atoms with van der Waals surface area (Å²) in [6.45, 7) is 0. The fourth-order valence-corrected chi connectivity index (χ4v) is 2.00. The van der Waals surface area contributed by atoms with Crippen molar-refractivity contribution in [1.82, 2.24) is 9.13 Å². The SMILES string of the molecule is Cn1c(N/N=C\[C@H]2CC=CCC2)cc(=O)n(C)c1=O. The molecule has 1 aliphatic carbocycles. The highest BCUT2D eigenvalue weighted by Crippen LogP contribution is 2.15. The highest BCUT2D eigenvalue weighted by molar-refractivity contribution is 5.62. The van der Waals surface area contributed by atoms with Crippen molar-refractivity contribution in [1.29, 1.82) is 0 Å². The molecule has 1 aromatic heterocycles. The van der Waals surface area contributed by atoms with Gasteiger partial charge in [0.15, 0.2) is 0 Å². The molecule has 1 N–H and O–H groups in total. The Bertz CT molecular complexity index is 625. The monoisotopic (exact) mass is 262 g/mol. The van der Waals surface area contributed by atoms with Crippen molar-refractivity contribution < 1.29 is 0 Å². The van der Waals surface area contributed by atoms with Crippen LogP contribution in [0.25, 0.3) is 0 Å². The molecule has 1 aliphatic rings. The zero-order valence-electron chi connectivity index (χ0n) is 11.2. The summed E-state index contributed by atoms with van der Waals surface area (Å²) >= 11 is 0. The number of aromatic nitrogens is 2. The van der Waals surface area contributed by atoms with E-state index in [2.05, 4.69) is 22.7 Å². The maximum Gasteiger partial charge on any atom is 0.332 e. The van der Waals surface area contributed by atoms with E-state index in [1.54, 1.807) is 7.05 Å².